The summed E-state index contributed by atoms with van der Waals surface area (Å²) in [7, 11) is 3.02. The van der Waals surface area contributed by atoms with Gasteiger partial charge in [0.05, 0.1) is 19.7 Å². The maximum absolute atomic E-state index is 14.2. The van der Waals surface area contributed by atoms with E-state index < -0.39 is 5.82 Å². The lowest BCUT2D eigenvalue weighted by atomic mass is 9.95. The SMILES string of the molecule is COc1ccc(-c2cc(-c3cnc(OC)c(F)c3)cc3c(C)ncnc23)cc1. The van der Waals surface area contributed by atoms with Crippen molar-refractivity contribution in [2.24, 2.45) is 0 Å². The Morgan fingerprint density at radius 2 is 1.61 bits per heavy atom. The molecule has 4 rings (SSSR count). The summed E-state index contributed by atoms with van der Waals surface area (Å²) < 4.78 is 24.4. The van der Waals surface area contributed by atoms with Gasteiger partial charge in [-0.15, -0.1) is 0 Å². The van der Waals surface area contributed by atoms with Crippen LogP contribution in [0.1, 0.15) is 5.69 Å². The molecule has 140 valence electrons. The Hall–Kier alpha value is -3.54. The van der Waals surface area contributed by atoms with Gasteiger partial charge in [0, 0.05) is 28.4 Å². The number of nitrogens with zero attached hydrogens (tertiary/aromatic N) is 3. The minimum atomic E-state index is -0.507. The van der Waals surface area contributed by atoms with E-state index in [2.05, 4.69) is 15.0 Å². The topological polar surface area (TPSA) is 57.1 Å². The maximum atomic E-state index is 14.2. The molecule has 2 aromatic heterocycles. The molecule has 0 aliphatic rings. The van der Waals surface area contributed by atoms with Crippen molar-refractivity contribution in [2.75, 3.05) is 14.2 Å². The fourth-order valence-corrected chi connectivity index (χ4v) is 3.18. The van der Waals surface area contributed by atoms with Crippen LogP contribution in [0.2, 0.25) is 0 Å². The molecule has 0 fully saturated rings. The lowest BCUT2D eigenvalue weighted by molar-refractivity contribution is 0.369. The van der Waals surface area contributed by atoms with Gasteiger partial charge in [-0.05, 0) is 48.4 Å². The molecule has 0 radical (unpaired) electrons. The summed E-state index contributed by atoms with van der Waals surface area (Å²) >= 11 is 0. The molecule has 0 saturated carbocycles. The second-order valence-corrected chi connectivity index (χ2v) is 6.32. The predicted molar refractivity (Wildman–Crippen MR) is 106 cm³/mol. The molecule has 28 heavy (non-hydrogen) atoms. The summed E-state index contributed by atoms with van der Waals surface area (Å²) in [5, 5.41) is 0.905. The Balaban J connectivity index is 1.95. The molecule has 6 heteroatoms. The Morgan fingerprint density at radius 3 is 2.29 bits per heavy atom. The number of hydrogen-bond acceptors (Lipinski definition) is 5. The highest BCUT2D eigenvalue weighted by molar-refractivity contribution is 5.98. The lowest BCUT2D eigenvalue weighted by Gasteiger charge is -2.12. The number of pyridine rings is 1. The third-order valence-corrected chi connectivity index (χ3v) is 4.67. The van der Waals surface area contributed by atoms with Crippen molar-refractivity contribution in [3.05, 3.63) is 66.5 Å². The minimum absolute atomic E-state index is 0.0283. The highest BCUT2D eigenvalue weighted by atomic mass is 19.1. The Kier molecular flexibility index (Phi) is 4.61. The van der Waals surface area contributed by atoms with Crippen LogP contribution in [-0.2, 0) is 0 Å². The van der Waals surface area contributed by atoms with E-state index in [1.165, 1.54) is 13.2 Å². The summed E-state index contributed by atoms with van der Waals surface area (Å²) in [6.45, 7) is 1.93. The monoisotopic (exact) mass is 375 g/mol. The molecule has 2 heterocycles. The molecular formula is C22H18FN3O2. The van der Waals surface area contributed by atoms with Crippen molar-refractivity contribution in [1.29, 1.82) is 0 Å². The number of hydrogen-bond donors (Lipinski definition) is 0. The van der Waals surface area contributed by atoms with E-state index in [0.29, 0.717) is 5.56 Å². The van der Waals surface area contributed by atoms with Crippen molar-refractivity contribution in [3.63, 3.8) is 0 Å². The number of benzene rings is 2. The predicted octanol–water partition coefficient (Wildman–Crippen LogP) is 4.82. The fraction of sp³-hybridized carbons (Fsp3) is 0.136. The van der Waals surface area contributed by atoms with Crippen LogP contribution in [0.5, 0.6) is 11.6 Å². The maximum Gasteiger partial charge on any atom is 0.250 e. The normalized spacial score (nSPS) is 10.9. The third-order valence-electron chi connectivity index (χ3n) is 4.67. The molecule has 0 aliphatic heterocycles. The van der Waals surface area contributed by atoms with Gasteiger partial charge in [0.15, 0.2) is 5.82 Å². The number of ether oxygens (including phenoxy) is 2. The van der Waals surface area contributed by atoms with Gasteiger partial charge in [-0.25, -0.2) is 19.3 Å². The zero-order valence-corrected chi connectivity index (χ0v) is 15.7. The molecule has 0 unspecified atom stereocenters. The summed E-state index contributed by atoms with van der Waals surface area (Å²) in [6.07, 6.45) is 3.15. The first kappa shape index (κ1) is 17.9. The third kappa shape index (κ3) is 3.13. The molecule has 0 saturated heterocycles. The van der Waals surface area contributed by atoms with Gasteiger partial charge in [-0.1, -0.05) is 12.1 Å². The highest BCUT2D eigenvalue weighted by Crippen LogP contribution is 2.35. The van der Waals surface area contributed by atoms with Crippen LogP contribution in [0, 0.1) is 12.7 Å². The van der Waals surface area contributed by atoms with Crippen LogP contribution in [0.3, 0.4) is 0 Å². The number of rotatable bonds is 4. The molecule has 0 bridgehead atoms. The first-order chi connectivity index (χ1) is 13.6. The van der Waals surface area contributed by atoms with Gasteiger partial charge >= 0.3 is 0 Å². The van der Waals surface area contributed by atoms with Crippen molar-refractivity contribution >= 4 is 10.9 Å². The fourth-order valence-electron chi connectivity index (χ4n) is 3.18. The van der Waals surface area contributed by atoms with E-state index in [9.17, 15) is 4.39 Å². The Morgan fingerprint density at radius 1 is 0.821 bits per heavy atom. The highest BCUT2D eigenvalue weighted by Gasteiger charge is 2.13. The van der Waals surface area contributed by atoms with Gasteiger partial charge < -0.3 is 9.47 Å². The van der Waals surface area contributed by atoms with Gasteiger partial charge in [-0.3, -0.25) is 0 Å². The quantitative estimate of drug-likeness (QED) is 0.512. The number of methoxy groups -OCH3 is 2. The lowest BCUT2D eigenvalue weighted by Crippen LogP contribution is -1.95. The largest absolute Gasteiger partial charge is 0.497 e. The Labute approximate surface area is 161 Å². The van der Waals surface area contributed by atoms with Crippen LogP contribution in [0.4, 0.5) is 4.39 Å². The van der Waals surface area contributed by atoms with Gasteiger partial charge in [0.1, 0.15) is 12.1 Å². The Bertz CT molecular complexity index is 1160. The van der Waals surface area contributed by atoms with E-state index in [-0.39, 0.29) is 5.88 Å². The van der Waals surface area contributed by atoms with Gasteiger partial charge in [0.2, 0.25) is 5.88 Å². The second-order valence-electron chi connectivity index (χ2n) is 6.32. The van der Waals surface area contributed by atoms with Crippen molar-refractivity contribution in [2.45, 2.75) is 6.92 Å². The number of aryl methyl sites for hydroxylation is 1. The molecule has 4 aromatic rings. The van der Waals surface area contributed by atoms with E-state index in [1.54, 1.807) is 19.6 Å². The van der Waals surface area contributed by atoms with E-state index in [0.717, 1.165) is 39.0 Å². The molecule has 0 aliphatic carbocycles. The summed E-state index contributed by atoms with van der Waals surface area (Å²) in [5.41, 5.74) is 5.07. The molecule has 0 N–H and O–H groups in total. The number of fused-ring (bicyclic) bond motifs is 1. The van der Waals surface area contributed by atoms with Crippen molar-refractivity contribution in [1.82, 2.24) is 15.0 Å². The zero-order valence-electron chi connectivity index (χ0n) is 15.7. The summed E-state index contributed by atoms with van der Waals surface area (Å²) in [5.74, 6) is 0.239. The van der Waals surface area contributed by atoms with Crippen LogP contribution in [-0.4, -0.2) is 29.2 Å². The summed E-state index contributed by atoms with van der Waals surface area (Å²) in [6, 6.07) is 13.1. The number of halogens is 1. The first-order valence-corrected chi connectivity index (χ1v) is 8.70. The average Bonchev–Trinajstić information content (AvgIpc) is 2.73. The van der Waals surface area contributed by atoms with Gasteiger partial charge in [-0.2, -0.15) is 0 Å². The molecule has 0 amide bonds. The van der Waals surface area contributed by atoms with Gasteiger partial charge in [0.25, 0.3) is 0 Å². The van der Waals surface area contributed by atoms with E-state index in [4.69, 9.17) is 9.47 Å². The van der Waals surface area contributed by atoms with E-state index >= 15 is 0 Å². The zero-order chi connectivity index (χ0) is 19.7. The average molecular weight is 375 g/mol. The molecule has 2 aromatic carbocycles. The summed E-state index contributed by atoms with van der Waals surface area (Å²) in [4.78, 5) is 12.9. The van der Waals surface area contributed by atoms with Crippen LogP contribution in [0.25, 0.3) is 33.2 Å². The minimum Gasteiger partial charge on any atom is -0.497 e. The number of aromatic nitrogens is 3. The smallest absolute Gasteiger partial charge is 0.250 e. The molecule has 5 nitrogen and oxygen atoms in total. The standard InChI is InChI=1S/C22H18FN3O2/c1-13-18-8-15(16-10-20(23)22(28-3)24-11-16)9-19(21(18)26-12-25-13)14-4-6-17(27-2)7-5-14/h4-12H,1-3H3. The van der Waals surface area contributed by atoms with E-state index in [1.807, 2.05) is 43.3 Å². The second kappa shape index (κ2) is 7.23. The first-order valence-electron chi connectivity index (χ1n) is 8.70. The molecular weight excluding hydrogens is 357 g/mol. The molecule has 0 atom stereocenters. The van der Waals surface area contributed by atoms with Crippen molar-refractivity contribution in [3.8, 4) is 33.9 Å². The van der Waals surface area contributed by atoms with Crippen LogP contribution < -0.4 is 9.47 Å². The van der Waals surface area contributed by atoms with Crippen molar-refractivity contribution < 1.29 is 13.9 Å². The molecule has 0 spiro atoms. The van der Waals surface area contributed by atoms with Crippen LogP contribution >= 0.6 is 0 Å². The van der Waals surface area contributed by atoms with Crippen LogP contribution in [0.15, 0.2) is 55.0 Å².